The van der Waals surface area contributed by atoms with Gasteiger partial charge >= 0.3 is 6.61 Å². The van der Waals surface area contributed by atoms with E-state index in [9.17, 15) is 13.6 Å². The van der Waals surface area contributed by atoms with Gasteiger partial charge in [0.2, 0.25) is 17.6 Å². The van der Waals surface area contributed by atoms with Crippen LogP contribution >= 0.6 is 11.3 Å². The highest BCUT2D eigenvalue weighted by Gasteiger charge is 2.15. The van der Waals surface area contributed by atoms with Crippen molar-refractivity contribution in [3.8, 4) is 34.1 Å². The van der Waals surface area contributed by atoms with E-state index in [0.29, 0.717) is 34.7 Å². The van der Waals surface area contributed by atoms with Gasteiger partial charge in [-0.2, -0.15) is 13.8 Å². The Balaban J connectivity index is 1.33. The number of aromatic nitrogens is 3. The summed E-state index contributed by atoms with van der Waals surface area (Å²) in [6, 6.07) is 13.6. The van der Waals surface area contributed by atoms with Crippen LogP contribution in [-0.2, 0) is 11.2 Å². The molecule has 1 N–H and O–H groups in total. The summed E-state index contributed by atoms with van der Waals surface area (Å²) in [5, 5.41) is 8.65. The van der Waals surface area contributed by atoms with Crippen LogP contribution in [-0.4, -0.2) is 34.3 Å². The fraction of sp³-hybridized carbons (Fsp3) is 0.217. The average Bonchev–Trinajstić information content (AvgIpc) is 3.48. The number of halogens is 2. The van der Waals surface area contributed by atoms with Gasteiger partial charge in [0.25, 0.3) is 0 Å². The molecule has 1 amide bonds. The van der Waals surface area contributed by atoms with Crippen molar-refractivity contribution in [2.75, 3.05) is 11.9 Å². The molecule has 0 aliphatic rings. The predicted octanol–water partition coefficient (Wildman–Crippen LogP) is 5.43. The van der Waals surface area contributed by atoms with E-state index in [2.05, 4.69) is 25.2 Å². The number of thiazole rings is 1. The van der Waals surface area contributed by atoms with Gasteiger partial charge in [-0.1, -0.05) is 17.3 Å². The molecule has 0 fully saturated rings. The number of amides is 1. The highest BCUT2D eigenvalue weighted by Crippen LogP contribution is 2.33. The van der Waals surface area contributed by atoms with Crippen LogP contribution in [0, 0.1) is 0 Å². The van der Waals surface area contributed by atoms with Crippen LogP contribution in [0.15, 0.2) is 58.4 Å². The summed E-state index contributed by atoms with van der Waals surface area (Å²) in [5.74, 6) is 1.23. The van der Waals surface area contributed by atoms with Gasteiger partial charge in [-0.25, -0.2) is 4.98 Å². The van der Waals surface area contributed by atoms with Crippen molar-refractivity contribution < 1.29 is 27.6 Å². The second-order valence-electron chi connectivity index (χ2n) is 6.93. The summed E-state index contributed by atoms with van der Waals surface area (Å²) >= 11 is 1.18. The Labute approximate surface area is 197 Å². The van der Waals surface area contributed by atoms with E-state index in [0.717, 1.165) is 11.3 Å². The van der Waals surface area contributed by atoms with Gasteiger partial charge < -0.3 is 19.3 Å². The average molecular weight is 487 g/mol. The molecule has 0 aliphatic heterocycles. The molecule has 0 saturated heterocycles. The minimum Gasteiger partial charge on any atom is -0.494 e. The SMILES string of the molecule is CCOc1ccc(-c2noc(CCC(=O)Nc3nc(-c4ccccc4OC(F)F)cs3)n2)cc1. The molecule has 34 heavy (non-hydrogen) atoms. The second-order valence-corrected chi connectivity index (χ2v) is 7.79. The Hall–Kier alpha value is -3.86. The maximum atomic E-state index is 12.6. The molecule has 0 saturated carbocycles. The van der Waals surface area contributed by atoms with Crippen molar-refractivity contribution in [2.45, 2.75) is 26.4 Å². The van der Waals surface area contributed by atoms with Gasteiger partial charge in [0.1, 0.15) is 11.5 Å². The monoisotopic (exact) mass is 486 g/mol. The highest BCUT2D eigenvalue weighted by atomic mass is 32.1. The third-order valence-electron chi connectivity index (χ3n) is 4.59. The van der Waals surface area contributed by atoms with E-state index in [4.69, 9.17) is 9.26 Å². The molecule has 0 radical (unpaired) electrons. The molecule has 2 aromatic carbocycles. The smallest absolute Gasteiger partial charge is 0.387 e. The van der Waals surface area contributed by atoms with Crippen LogP contribution in [0.3, 0.4) is 0 Å². The van der Waals surface area contributed by atoms with Gasteiger partial charge in [-0.15, -0.1) is 11.3 Å². The van der Waals surface area contributed by atoms with Crippen LogP contribution in [0.2, 0.25) is 0 Å². The number of aryl methyl sites for hydroxylation is 1. The molecular weight excluding hydrogens is 466 g/mol. The summed E-state index contributed by atoms with van der Waals surface area (Å²) in [6.07, 6.45) is 0.351. The van der Waals surface area contributed by atoms with Crippen LogP contribution in [0.5, 0.6) is 11.5 Å². The number of rotatable bonds is 10. The van der Waals surface area contributed by atoms with E-state index in [1.807, 2.05) is 31.2 Å². The van der Waals surface area contributed by atoms with Gasteiger partial charge in [-0.3, -0.25) is 4.79 Å². The number of nitrogens with zero attached hydrogens (tertiary/aromatic N) is 3. The summed E-state index contributed by atoms with van der Waals surface area (Å²) in [6.45, 7) is -0.455. The first kappa shape index (κ1) is 23.3. The Morgan fingerprint density at radius 2 is 1.94 bits per heavy atom. The number of benzene rings is 2. The van der Waals surface area contributed by atoms with E-state index in [1.54, 1.807) is 23.6 Å². The van der Waals surface area contributed by atoms with Crippen molar-refractivity contribution in [1.29, 1.82) is 0 Å². The zero-order valence-electron chi connectivity index (χ0n) is 18.0. The standard InChI is InChI=1S/C23H20F2N4O4S/c1-2-31-15-9-7-14(8-10-15)21-28-20(33-29-21)12-11-19(30)27-23-26-17(13-34-23)16-5-3-4-6-18(16)32-22(24)25/h3-10,13,22H,2,11-12H2,1H3,(H,26,27,30). The van der Waals surface area contributed by atoms with E-state index < -0.39 is 6.61 Å². The topological polar surface area (TPSA) is 99.4 Å². The Bertz CT molecular complexity index is 1240. The first-order chi connectivity index (χ1) is 16.5. The lowest BCUT2D eigenvalue weighted by Crippen LogP contribution is -2.12. The number of hydrogen-bond donors (Lipinski definition) is 1. The highest BCUT2D eigenvalue weighted by molar-refractivity contribution is 7.14. The van der Waals surface area contributed by atoms with Gasteiger partial charge in [-0.05, 0) is 43.3 Å². The number of carbonyl (C=O) groups excluding carboxylic acids is 1. The lowest BCUT2D eigenvalue weighted by atomic mass is 10.1. The fourth-order valence-electron chi connectivity index (χ4n) is 3.07. The van der Waals surface area contributed by atoms with Crippen molar-refractivity contribution >= 4 is 22.4 Å². The largest absolute Gasteiger partial charge is 0.494 e. The van der Waals surface area contributed by atoms with Crippen molar-refractivity contribution in [1.82, 2.24) is 15.1 Å². The van der Waals surface area contributed by atoms with E-state index in [1.165, 1.54) is 17.4 Å². The third kappa shape index (κ3) is 5.93. The molecule has 2 heterocycles. The summed E-state index contributed by atoms with van der Waals surface area (Å²) < 4.78 is 40.5. The molecule has 0 spiro atoms. The number of nitrogens with one attached hydrogen (secondary N) is 1. The number of ether oxygens (including phenoxy) is 2. The predicted molar refractivity (Wildman–Crippen MR) is 122 cm³/mol. The first-order valence-corrected chi connectivity index (χ1v) is 11.2. The van der Waals surface area contributed by atoms with Crippen molar-refractivity contribution in [2.24, 2.45) is 0 Å². The number of hydrogen-bond acceptors (Lipinski definition) is 8. The van der Waals surface area contributed by atoms with Crippen LogP contribution in [0.25, 0.3) is 22.6 Å². The first-order valence-electron chi connectivity index (χ1n) is 10.4. The van der Waals surface area contributed by atoms with Crippen LogP contribution < -0.4 is 14.8 Å². The minimum atomic E-state index is -2.95. The molecule has 0 unspecified atom stereocenters. The van der Waals surface area contributed by atoms with Crippen LogP contribution in [0.4, 0.5) is 13.9 Å². The molecule has 8 nitrogen and oxygen atoms in total. The Morgan fingerprint density at radius 1 is 1.15 bits per heavy atom. The number of carbonyl (C=O) groups is 1. The Morgan fingerprint density at radius 3 is 2.71 bits per heavy atom. The molecule has 0 bridgehead atoms. The van der Waals surface area contributed by atoms with E-state index >= 15 is 0 Å². The molecule has 2 aromatic heterocycles. The number of para-hydroxylation sites is 1. The molecule has 4 aromatic rings. The van der Waals surface area contributed by atoms with Gasteiger partial charge in [0.05, 0.1) is 12.3 Å². The summed E-state index contributed by atoms with van der Waals surface area (Å²) in [7, 11) is 0. The molecule has 0 aliphatic carbocycles. The molecule has 176 valence electrons. The lowest BCUT2D eigenvalue weighted by Gasteiger charge is -2.08. The normalized spacial score (nSPS) is 10.9. The van der Waals surface area contributed by atoms with Crippen molar-refractivity contribution in [3.05, 3.63) is 59.8 Å². The maximum absolute atomic E-state index is 12.6. The van der Waals surface area contributed by atoms with Gasteiger partial charge in [0, 0.05) is 29.3 Å². The molecule has 0 atom stereocenters. The molecule has 4 rings (SSSR count). The van der Waals surface area contributed by atoms with Crippen molar-refractivity contribution in [3.63, 3.8) is 0 Å². The zero-order valence-corrected chi connectivity index (χ0v) is 18.9. The number of alkyl halides is 2. The Kier molecular flexibility index (Phi) is 7.43. The summed E-state index contributed by atoms with van der Waals surface area (Å²) in [4.78, 5) is 21.0. The van der Waals surface area contributed by atoms with Crippen LogP contribution in [0.1, 0.15) is 19.2 Å². The molecule has 11 heteroatoms. The minimum absolute atomic E-state index is 0.0143. The van der Waals surface area contributed by atoms with Gasteiger partial charge in [0.15, 0.2) is 5.13 Å². The zero-order chi connectivity index (χ0) is 23.9. The summed E-state index contributed by atoms with van der Waals surface area (Å²) in [5.41, 5.74) is 1.61. The van der Waals surface area contributed by atoms with E-state index in [-0.39, 0.29) is 24.5 Å². The second kappa shape index (κ2) is 10.8. The quantitative estimate of drug-likeness (QED) is 0.319. The fourth-order valence-corrected chi connectivity index (χ4v) is 3.80. The third-order valence-corrected chi connectivity index (χ3v) is 5.34. The lowest BCUT2D eigenvalue weighted by molar-refractivity contribution is -0.116. The number of anilines is 1. The maximum Gasteiger partial charge on any atom is 0.387 e. The molecular formula is C23H20F2N4O4S.